The number of benzene rings is 4. The molecule has 0 aliphatic heterocycles. The second-order valence-electron chi connectivity index (χ2n) is 13.8. The average molecular weight is 712 g/mol. The molecule has 6 rings (SSSR count). The van der Waals surface area contributed by atoms with Gasteiger partial charge in [0.1, 0.15) is 0 Å². The Bertz CT molecular complexity index is 1930. The topological polar surface area (TPSA) is 0 Å². The third kappa shape index (κ3) is 6.43. The van der Waals surface area contributed by atoms with Crippen molar-refractivity contribution >= 4 is 30.4 Å². The normalized spacial score (nSPS) is 13.0. The van der Waals surface area contributed by atoms with E-state index in [1.165, 1.54) is 69.8 Å². The molecule has 4 aromatic rings. The maximum absolute atomic E-state index is 4.01. The van der Waals surface area contributed by atoms with Gasteiger partial charge in [-0.05, 0) is 41.5 Å². The average Bonchev–Trinajstić information content (AvgIpc) is 3.56. The molecule has 0 fully saturated rings. The van der Waals surface area contributed by atoms with Crippen LogP contribution < -0.4 is 40.4 Å². The fourth-order valence-corrected chi connectivity index (χ4v) is 10.4. The number of hydrogen-bond acceptors (Lipinski definition) is 0. The molecular weight excluding hydrogens is 671 g/mol. The van der Waals surface area contributed by atoms with Gasteiger partial charge in [0.25, 0.3) is 0 Å². The summed E-state index contributed by atoms with van der Waals surface area (Å²) in [5.74, 6) is 0. The molecule has 0 unspecified atom stereocenters. The van der Waals surface area contributed by atoms with E-state index in [1.807, 2.05) is 0 Å². The molecule has 0 saturated carbocycles. The van der Waals surface area contributed by atoms with E-state index in [-0.39, 0.29) is 61.8 Å². The van der Waals surface area contributed by atoms with E-state index >= 15 is 0 Å². The summed E-state index contributed by atoms with van der Waals surface area (Å²) in [5.41, 5.74) is 9.84. The van der Waals surface area contributed by atoms with E-state index in [0.717, 1.165) is 6.42 Å². The summed E-state index contributed by atoms with van der Waals surface area (Å²) in [7, 11) is -1.35. The van der Waals surface area contributed by atoms with E-state index in [9.17, 15) is 0 Å². The van der Waals surface area contributed by atoms with Crippen LogP contribution in [0.15, 0.2) is 91.0 Å². The monoisotopic (exact) mass is 709 g/mol. The minimum atomic E-state index is -1.35. The van der Waals surface area contributed by atoms with Crippen molar-refractivity contribution in [3.8, 4) is 0 Å². The molecule has 4 heteroatoms. The van der Waals surface area contributed by atoms with Gasteiger partial charge in [0.2, 0.25) is 0 Å². The van der Waals surface area contributed by atoms with Crippen LogP contribution in [0.5, 0.6) is 0 Å². The number of hydrogen-bond donors (Lipinski definition) is 0. The Morgan fingerprint density at radius 1 is 0.750 bits per heavy atom. The van der Waals surface area contributed by atoms with Crippen molar-refractivity contribution in [1.82, 2.24) is 0 Å². The number of allylic oxidation sites excluding steroid dienone is 4. The molecule has 0 heterocycles. The van der Waals surface area contributed by atoms with Crippen LogP contribution in [0.2, 0.25) is 0 Å². The van der Waals surface area contributed by atoms with Crippen LogP contribution in [0.1, 0.15) is 81.3 Å². The zero-order valence-electron chi connectivity index (χ0n) is 27.1. The van der Waals surface area contributed by atoms with E-state index < -0.39 is 8.41 Å². The van der Waals surface area contributed by atoms with Gasteiger partial charge in [-0.3, -0.25) is 0 Å². The van der Waals surface area contributed by atoms with E-state index in [2.05, 4.69) is 152 Å². The van der Waals surface area contributed by atoms with Crippen LogP contribution in [0.3, 0.4) is 0 Å². The van der Waals surface area contributed by atoms with Gasteiger partial charge in [-0.1, -0.05) is 165 Å². The smallest absolute Gasteiger partial charge is 1.00 e. The van der Waals surface area contributed by atoms with Crippen LogP contribution in [0, 0.1) is 29.1 Å². The first-order valence-corrected chi connectivity index (χ1v) is 16.4. The van der Waals surface area contributed by atoms with E-state index in [1.54, 1.807) is 0 Å². The minimum Gasteiger partial charge on any atom is -1.00 e. The second-order valence-corrected chi connectivity index (χ2v) is 16.2. The Balaban J connectivity index is 0.00000176. The van der Waals surface area contributed by atoms with Gasteiger partial charge >= 0.3 is 26.2 Å². The van der Waals surface area contributed by atoms with Crippen molar-refractivity contribution < 1.29 is 51.0 Å². The Kier molecular flexibility index (Phi) is 11.3. The molecule has 4 aromatic carbocycles. The van der Waals surface area contributed by atoms with Crippen molar-refractivity contribution in [3.05, 3.63) is 145 Å². The Morgan fingerprint density at radius 3 is 1.80 bits per heavy atom. The first kappa shape index (κ1) is 36.4. The summed E-state index contributed by atoms with van der Waals surface area (Å²) in [6, 6.07) is 27.5. The Hall–Kier alpha value is -2.09. The molecule has 0 nitrogen and oxygen atoms in total. The predicted octanol–water partition coefficient (Wildman–Crippen LogP) is 1.70. The van der Waals surface area contributed by atoms with E-state index in [4.69, 9.17) is 0 Å². The fraction of sp³-hybridized carbons (Fsp3) is 0.275. The van der Waals surface area contributed by atoms with Crippen molar-refractivity contribution in [2.24, 2.45) is 0 Å². The summed E-state index contributed by atoms with van der Waals surface area (Å²) in [5, 5.41) is 6.89. The number of rotatable bonds is 3. The van der Waals surface area contributed by atoms with Crippen LogP contribution >= 0.6 is 0 Å². The van der Waals surface area contributed by atoms with Crippen molar-refractivity contribution in [1.29, 1.82) is 0 Å². The molecule has 0 saturated heterocycles. The van der Waals surface area contributed by atoms with Gasteiger partial charge < -0.3 is 24.8 Å². The molecule has 1 radical (unpaired) electrons. The quantitative estimate of drug-likeness (QED) is 0.198. The maximum Gasteiger partial charge on any atom is 3.00 e. The second kappa shape index (κ2) is 13.7. The van der Waals surface area contributed by atoms with Crippen LogP contribution in [-0.2, 0) is 37.0 Å². The predicted molar refractivity (Wildman–Crippen MR) is 178 cm³/mol. The standard InChI is InChI=1S/C40H41Si.2ClH.Zr/c1-26-23-29-24-33-35(28-17-15-16-18-28)27(2)37(40(6,7)8)38(36(33)32(29)25-34(26)39(3,4)5)41(30-19-11-9-12-20-30)31-21-13-10-14-22-31;;;/h9-17,19-23,25H,18H2,1-8H3;2*1H;/q-1;;;+3/p-2. The van der Waals surface area contributed by atoms with Gasteiger partial charge in [0.05, 0.1) is 8.41 Å². The van der Waals surface area contributed by atoms with Gasteiger partial charge in [-0.15, -0.1) is 33.4 Å². The number of halogens is 2. The molecular formula is C40H41Cl2SiZr. The Morgan fingerprint density at radius 2 is 1.32 bits per heavy atom. The fourth-order valence-electron chi connectivity index (χ4n) is 7.12. The zero-order valence-corrected chi connectivity index (χ0v) is 32.1. The third-order valence-electron chi connectivity index (χ3n) is 8.67. The summed E-state index contributed by atoms with van der Waals surface area (Å²) < 4.78 is 0. The first-order valence-electron chi connectivity index (χ1n) is 14.9. The van der Waals surface area contributed by atoms with Crippen LogP contribution in [-0.4, -0.2) is 8.41 Å². The van der Waals surface area contributed by atoms with Crippen molar-refractivity contribution in [2.45, 2.75) is 72.6 Å². The van der Waals surface area contributed by atoms with Crippen LogP contribution in [0.4, 0.5) is 0 Å². The summed E-state index contributed by atoms with van der Waals surface area (Å²) in [4.78, 5) is 1.54. The molecule has 44 heavy (non-hydrogen) atoms. The number of fused-ring (bicyclic) bond motifs is 2. The van der Waals surface area contributed by atoms with Gasteiger partial charge in [-0.25, -0.2) is 0 Å². The largest absolute Gasteiger partial charge is 3.00 e. The molecule has 0 N–H and O–H groups in total. The Labute approximate surface area is 296 Å². The minimum absolute atomic E-state index is 0. The zero-order chi connectivity index (χ0) is 29.1. The van der Waals surface area contributed by atoms with Crippen LogP contribution in [0.25, 0.3) is 11.6 Å². The van der Waals surface area contributed by atoms with Gasteiger partial charge in [0.15, 0.2) is 0 Å². The SMILES string of the molecule is Cc1cc2c(cc1C(C)(C)C)=c1c(c(C3=CC=CC3)c(C)c(C(C)(C)C)c1=[Si](c1ccccc1)c1ccccc1)[C-]=2.[Cl-].[Cl-].[Zr+3]. The number of aryl methyl sites for hydroxylation is 1. The molecule has 0 bridgehead atoms. The summed E-state index contributed by atoms with van der Waals surface area (Å²) >= 11 is 0. The summed E-state index contributed by atoms with van der Waals surface area (Å²) in [6.45, 7) is 18.9. The molecule has 2 aliphatic rings. The maximum atomic E-state index is 4.01. The van der Waals surface area contributed by atoms with Crippen molar-refractivity contribution in [3.63, 3.8) is 0 Å². The summed E-state index contributed by atoms with van der Waals surface area (Å²) in [6.07, 6.45) is 11.8. The molecule has 2 aliphatic carbocycles. The molecule has 223 valence electrons. The molecule has 0 amide bonds. The van der Waals surface area contributed by atoms with Gasteiger partial charge in [0, 0.05) is 0 Å². The van der Waals surface area contributed by atoms with E-state index in [0.29, 0.717) is 0 Å². The first-order chi connectivity index (χ1) is 19.5. The third-order valence-corrected chi connectivity index (χ3v) is 11.5. The van der Waals surface area contributed by atoms with Gasteiger partial charge in [-0.2, -0.15) is 0 Å². The van der Waals surface area contributed by atoms with Crippen molar-refractivity contribution in [2.75, 3.05) is 0 Å². The molecule has 0 spiro atoms. The molecule has 0 atom stereocenters. The molecule has 0 aromatic heterocycles.